The van der Waals surface area contributed by atoms with Crippen molar-refractivity contribution in [1.82, 2.24) is 0 Å². The van der Waals surface area contributed by atoms with Gasteiger partial charge in [0.25, 0.3) is 0 Å². The van der Waals surface area contributed by atoms with Gasteiger partial charge in [-0.05, 0) is 35.2 Å². The van der Waals surface area contributed by atoms with E-state index in [2.05, 4.69) is 48.6 Å². The van der Waals surface area contributed by atoms with Crippen LogP contribution in [0.2, 0.25) is 0 Å². The molecule has 0 aliphatic rings. The number of carbonyl (C=O) groups is 1. The first kappa shape index (κ1) is 17.0. The number of ketones is 1. The van der Waals surface area contributed by atoms with E-state index in [4.69, 9.17) is 0 Å². The molecule has 0 saturated carbocycles. The van der Waals surface area contributed by atoms with Gasteiger partial charge in [-0.15, -0.1) is 0 Å². The third-order valence-corrected chi connectivity index (χ3v) is 4.36. The summed E-state index contributed by atoms with van der Waals surface area (Å²) in [5.74, 6) is 0.164. The smallest absolute Gasteiger partial charge is 0.164 e. The summed E-state index contributed by atoms with van der Waals surface area (Å²) in [6, 6.07) is 26.4. The first-order valence-electron chi connectivity index (χ1n) is 8.78. The molecule has 3 aromatic rings. The van der Waals surface area contributed by atoms with Crippen molar-refractivity contribution in [3.05, 3.63) is 90.0 Å². The van der Waals surface area contributed by atoms with Gasteiger partial charge in [0.15, 0.2) is 5.78 Å². The Bertz CT molecular complexity index is 805. The molecule has 0 radical (unpaired) electrons. The van der Waals surface area contributed by atoms with E-state index in [-0.39, 0.29) is 5.78 Å². The van der Waals surface area contributed by atoms with Gasteiger partial charge in [-0.25, -0.2) is 0 Å². The summed E-state index contributed by atoms with van der Waals surface area (Å²) in [5, 5.41) is 3.31. The topological polar surface area (TPSA) is 29.1 Å². The highest BCUT2D eigenvalue weighted by atomic mass is 16.1. The minimum Gasteiger partial charge on any atom is -0.385 e. The Balaban J connectivity index is 1.54. The van der Waals surface area contributed by atoms with Gasteiger partial charge < -0.3 is 5.32 Å². The fourth-order valence-corrected chi connectivity index (χ4v) is 2.80. The fourth-order valence-electron chi connectivity index (χ4n) is 2.80. The minimum atomic E-state index is 0.164. The Kier molecular flexibility index (Phi) is 5.63. The molecule has 0 aromatic heterocycles. The van der Waals surface area contributed by atoms with Crippen molar-refractivity contribution >= 4 is 11.5 Å². The largest absolute Gasteiger partial charge is 0.385 e. The van der Waals surface area contributed by atoms with Crippen LogP contribution in [-0.4, -0.2) is 12.3 Å². The lowest BCUT2D eigenvalue weighted by molar-refractivity contribution is 0.0986. The van der Waals surface area contributed by atoms with Gasteiger partial charge in [0.1, 0.15) is 0 Å². The molecular formula is C23H23NO. The second-order valence-corrected chi connectivity index (χ2v) is 6.09. The van der Waals surface area contributed by atoms with Crippen molar-refractivity contribution in [3.8, 4) is 11.1 Å². The lowest BCUT2D eigenvalue weighted by atomic mass is 10.0. The summed E-state index contributed by atoms with van der Waals surface area (Å²) < 4.78 is 0. The summed E-state index contributed by atoms with van der Waals surface area (Å²) >= 11 is 0. The summed E-state index contributed by atoms with van der Waals surface area (Å²) in [6.45, 7) is 2.79. The van der Waals surface area contributed by atoms with Gasteiger partial charge in [-0.1, -0.05) is 73.7 Å². The number of benzene rings is 3. The third kappa shape index (κ3) is 4.57. The number of anilines is 1. The first-order chi connectivity index (χ1) is 12.3. The van der Waals surface area contributed by atoms with Gasteiger partial charge in [-0.3, -0.25) is 4.79 Å². The van der Waals surface area contributed by atoms with E-state index >= 15 is 0 Å². The van der Waals surface area contributed by atoms with Crippen molar-refractivity contribution in [1.29, 1.82) is 0 Å². The van der Waals surface area contributed by atoms with E-state index in [1.54, 1.807) is 0 Å². The maximum Gasteiger partial charge on any atom is 0.164 e. The van der Waals surface area contributed by atoms with Crippen LogP contribution in [0.5, 0.6) is 0 Å². The highest BCUT2D eigenvalue weighted by Crippen LogP contribution is 2.19. The lowest BCUT2D eigenvalue weighted by Gasteiger charge is -2.07. The van der Waals surface area contributed by atoms with Crippen molar-refractivity contribution < 1.29 is 4.79 Å². The summed E-state index contributed by atoms with van der Waals surface area (Å²) in [6.07, 6.45) is 1.53. The monoisotopic (exact) mass is 329 g/mol. The Morgan fingerprint density at radius 1 is 0.800 bits per heavy atom. The Morgan fingerprint density at radius 2 is 1.44 bits per heavy atom. The van der Waals surface area contributed by atoms with E-state index in [1.807, 2.05) is 42.5 Å². The molecule has 0 bridgehead atoms. The molecule has 0 aliphatic carbocycles. The van der Waals surface area contributed by atoms with Crippen LogP contribution in [-0.2, 0) is 6.42 Å². The molecule has 126 valence electrons. The zero-order valence-corrected chi connectivity index (χ0v) is 14.5. The van der Waals surface area contributed by atoms with E-state index in [1.165, 1.54) is 11.1 Å². The summed E-state index contributed by atoms with van der Waals surface area (Å²) in [5.41, 5.74) is 5.44. The number of hydrogen-bond donors (Lipinski definition) is 1. The van der Waals surface area contributed by atoms with Crippen LogP contribution < -0.4 is 5.32 Å². The second kappa shape index (κ2) is 8.29. The van der Waals surface area contributed by atoms with Gasteiger partial charge >= 0.3 is 0 Å². The molecule has 0 spiro atoms. The highest BCUT2D eigenvalue weighted by Gasteiger charge is 2.06. The van der Waals surface area contributed by atoms with E-state index < -0.39 is 0 Å². The lowest BCUT2D eigenvalue weighted by Crippen LogP contribution is -2.08. The molecule has 1 N–H and O–H groups in total. The number of nitrogens with one attached hydrogen (secondary N) is 1. The van der Waals surface area contributed by atoms with Gasteiger partial charge in [-0.2, -0.15) is 0 Å². The normalized spacial score (nSPS) is 10.4. The van der Waals surface area contributed by atoms with Crippen LogP contribution >= 0.6 is 0 Å². The molecule has 0 saturated heterocycles. The van der Waals surface area contributed by atoms with Crippen LogP contribution in [0.1, 0.15) is 29.3 Å². The average molecular weight is 329 g/mol. The van der Waals surface area contributed by atoms with Gasteiger partial charge in [0.05, 0.1) is 0 Å². The summed E-state index contributed by atoms with van der Waals surface area (Å²) in [4.78, 5) is 12.3. The average Bonchev–Trinajstić information content (AvgIpc) is 2.69. The maximum atomic E-state index is 12.3. The molecule has 2 nitrogen and oxygen atoms in total. The number of carbonyl (C=O) groups excluding carboxylic acids is 1. The summed E-state index contributed by atoms with van der Waals surface area (Å²) in [7, 11) is 0. The second-order valence-electron chi connectivity index (χ2n) is 6.09. The number of hydrogen-bond acceptors (Lipinski definition) is 2. The molecule has 0 unspecified atom stereocenters. The Morgan fingerprint density at radius 3 is 2.08 bits per heavy atom. The molecule has 25 heavy (non-hydrogen) atoms. The Labute approximate surface area is 149 Å². The van der Waals surface area contributed by atoms with E-state index in [0.717, 1.165) is 23.2 Å². The van der Waals surface area contributed by atoms with Crippen LogP contribution in [0.15, 0.2) is 78.9 Å². The number of Topliss-reactive ketones (excluding diaryl/α,β-unsaturated/α-hetero) is 1. The molecule has 0 atom stereocenters. The molecule has 2 heteroatoms. The van der Waals surface area contributed by atoms with E-state index in [9.17, 15) is 4.79 Å². The van der Waals surface area contributed by atoms with Crippen molar-refractivity contribution in [3.63, 3.8) is 0 Å². The van der Waals surface area contributed by atoms with Crippen LogP contribution in [0.4, 0.5) is 5.69 Å². The standard InChI is InChI=1S/C23H23NO/c1-2-18-8-14-22(15-9-18)24-17-16-23(25)21-12-10-20(11-13-21)19-6-4-3-5-7-19/h3-15,24H,2,16-17H2,1H3. The third-order valence-electron chi connectivity index (χ3n) is 4.36. The Hall–Kier alpha value is -2.87. The minimum absolute atomic E-state index is 0.164. The SMILES string of the molecule is CCc1ccc(NCCC(=O)c2ccc(-c3ccccc3)cc2)cc1. The predicted octanol–water partition coefficient (Wildman–Crippen LogP) is 5.60. The molecule has 0 heterocycles. The molecule has 0 fully saturated rings. The molecule has 3 aromatic carbocycles. The highest BCUT2D eigenvalue weighted by molar-refractivity contribution is 5.96. The number of rotatable bonds is 7. The molecule has 3 rings (SSSR count). The number of aryl methyl sites for hydroxylation is 1. The predicted molar refractivity (Wildman–Crippen MR) is 105 cm³/mol. The molecule has 0 amide bonds. The van der Waals surface area contributed by atoms with Crippen molar-refractivity contribution in [2.24, 2.45) is 0 Å². The van der Waals surface area contributed by atoms with Crippen molar-refractivity contribution in [2.45, 2.75) is 19.8 Å². The zero-order chi connectivity index (χ0) is 17.5. The first-order valence-corrected chi connectivity index (χ1v) is 8.78. The zero-order valence-electron chi connectivity index (χ0n) is 14.5. The van der Waals surface area contributed by atoms with Gasteiger partial charge in [0, 0.05) is 24.2 Å². The molecular weight excluding hydrogens is 306 g/mol. The van der Waals surface area contributed by atoms with Crippen molar-refractivity contribution in [2.75, 3.05) is 11.9 Å². The molecule has 0 aliphatic heterocycles. The van der Waals surface area contributed by atoms with E-state index in [0.29, 0.717) is 13.0 Å². The maximum absolute atomic E-state index is 12.3. The van der Waals surface area contributed by atoms with Crippen LogP contribution in [0, 0.1) is 0 Å². The van der Waals surface area contributed by atoms with Gasteiger partial charge in [0.2, 0.25) is 0 Å². The van der Waals surface area contributed by atoms with Crippen LogP contribution in [0.25, 0.3) is 11.1 Å². The fraction of sp³-hybridized carbons (Fsp3) is 0.174. The van der Waals surface area contributed by atoms with Crippen LogP contribution in [0.3, 0.4) is 0 Å². The quantitative estimate of drug-likeness (QED) is 0.572.